The number of alkyl halides is 1. The number of carbonyl (C=O) groups excluding carboxylic acids is 1. The Kier molecular flexibility index (Phi) is 5.02. The lowest BCUT2D eigenvalue weighted by atomic mass is 10.1. The molecular formula is C14H18ClNO2. The lowest BCUT2D eigenvalue weighted by molar-refractivity contribution is -0.118. The van der Waals surface area contributed by atoms with Gasteiger partial charge in [0.25, 0.3) is 0 Å². The summed E-state index contributed by atoms with van der Waals surface area (Å²) in [7, 11) is 0. The number of fused-ring (bicyclic) bond motifs is 1. The van der Waals surface area contributed by atoms with Crippen LogP contribution < -0.4 is 4.90 Å². The summed E-state index contributed by atoms with van der Waals surface area (Å²) in [5, 5.41) is 0. The fourth-order valence-corrected chi connectivity index (χ4v) is 2.35. The maximum absolute atomic E-state index is 12.1. The molecule has 1 heterocycles. The number of amides is 1. The van der Waals surface area contributed by atoms with Crippen LogP contribution in [0.15, 0.2) is 24.3 Å². The lowest BCUT2D eigenvalue weighted by Gasteiger charge is -2.22. The molecule has 0 bridgehead atoms. The van der Waals surface area contributed by atoms with Crippen LogP contribution in [0.4, 0.5) is 5.69 Å². The van der Waals surface area contributed by atoms with Crippen LogP contribution in [-0.2, 0) is 16.0 Å². The highest BCUT2D eigenvalue weighted by atomic mass is 35.5. The summed E-state index contributed by atoms with van der Waals surface area (Å²) in [5.74, 6) is 0.680. The van der Waals surface area contributed by atoms with Crippen molar-refractivity contribution in [2.45, 2.75) is 19.3 Å². The number of rotatable bonds is 5. The normalized spacial score (nSPS) is 15.4. The number of aryl methyl sites for hydroxylation is 1. The van der Waals surface area contributed by atoms with Crippen LogP contribution in [0.5, 0.6) is 0 Å². The van der Waals surface area contributed by atoms with E-state index in [1.54, 1.807) is 0 Å². The van der Waals surface area contributed by atoms with Crippen molar-refractivity contribution in [3.05, 3.63) is 29.8 Å². The second kappa shape index (κ2) is 6.76. The zero-order valence-electron chi connectivity index (χ0n) is 10.4. The summed E-state index contributed by atoms with van der Waals surface area (Å²) in [6.45, 7) is 1.67. The van der Waals surface area contributed by atoms with Gasteiger partial charge in [0.2, 0.25) is 5.91 Å². The predicted molar refractivity (Wildman–Crippen MR) is 73.3 cm³/mol. The summed E-state index contributed by atoms with van der Waals surface area (Å²) in [5.41, 5.74) is 2.29. The maximum atomic E-state index is 12.1. The van der Waals surface area contributed by atoms with Crippen LogP contribution in [0.1, 0.15) is 18.4 Å². The van der Waals surface area contributed by atoms with Crippen LogP contribution >= 0.6 is 11.6 Å². The number of benzene rings is 1. The topological polar surface area (TPSA) is 29.5 Å². The van der Waals surface area contributed by atoms with E-state index in [1.165, 1.54) is 5.56 Å². The van der Waals surface area contributed by atoms with Crippen LogP contribution in [0.2, 0.25) is 0 Å². The second-order valence-corrected chi connectivity index (χ2v) is 4.71. The lowest BCUT2D eigenvalue weighted by Crippen LogP contribution is -2.33. The first-order valence-electron chi connectivity index (χ1n) is 6.35. The molecule has 4 heteroatoms. The molecule has 0 saturated carbocycles. The van der Waals surface area contributed by atoms with E-state index in [0.717, 1.165) is 18.5 Å². The fourth-order valence-electron chi connectivity index (χ4n) is 2.24. The van der Waals surface area contributed by atoms with Crippen molar-refractivity contribution in [2.75, 3.05) is 30.5 Å². The van der Waals surface area contributed by atoms with Gasteiger partial charge in [-0.1, -0.05) is 18.2 Å². The highest BCUT2D eigenvalue weighted by Gasteiger charge is 2.21. The zero-order valence-corrected chi connectivity index (χ0v) is 11.2. The first-order valence-corrected chi connectivity index (χ1v) is 6.88. The van der Waals surface area contributed by atoms with Gasteiger partial charge in [-0.2, -0.15) is 0 Å². The Bertz CT molecular complexity index is 409. The molecule has 0 aliphatic carbocycles. The van der Waals surface area contributed by atoms with E-state index in [4.69, 9.17) is 16.3 Å². The fraction of sp³-hybridized carbons (Fsp3) is 0.500. The van der Waals surface area contributed by atoms with Crippen molar-refractivity contribution in [2.24, 2.45) is 0 Å². The van der Waals surface area contributed by atoms with Crippen molar-refractivity contribution in [1.82, 2.24) is 0 Å². The van der Waals surface area contributed by atoms with Gasteiger partial charge in [-0.25, -0.2) is 0 Å². The average molecular weight is 268 g/mol. The summed E-state index contributed by atoms with van der Waals surface area (Å²) in [6.07, 6.45) is 2.51. The third-order valence-corrected chi connectivity index (χ3v) is 3.26. The third-order valence-electron chi connectivity index (χ3n) is 3.10. The standard InChI is InChI=1S/C14H18ClNO2/c15-8-10-18-11-9-16-13-6-2-1-4-12(13)5-3-7-14(16)17/h1-2,4,6H,3,5,7-11H2. The van der Waals surface area contributed by atoms with E-state index in [9.17, 15) is 4.79 Å². The van der Waals surface area contributed by atoms with Gasteiger partial charge in [-0.15, -0.1) is 11.6 Å². The molecular weight excluding hydrogens is 250 g/mol. The van der Waals surface area contributed by atoms with E-state index < -0.39 is 0 Å². The molecule has 0 N–H and O–H groups in total. The molecule has 3 nitrogen and oxygen atoms in total. The Labute approximate surface area is 113 Å². The Morgan fingerprint density at radius 2 is 2.06 bits per heavy atom. The number of hydrogen-bond acceptors (Lipinski definition) is 2. The third kappa shape index (κ3) is 3.24. The minimum absolute atomic E-state index is 0.189. The van der Waals surface area contributed by atoms with Crippen LogP contribution in [0, 0.1) is 0 Å². The van der Waals surface area contributed by atoms with E-state index in [-0.39, 0.29) is 5.91 Å². The minimum Gasteiger partial charge on any atom is -0.378 e. The van der Waals surface area contributed by atoms with Gasteiger partial charge in [-0.3, -0.25) is 4.79 Å². The molecule has 1 aliphatic rings. The molecule has 2 rings (SSSR count). The van der Waals surface area contributed by atoms with Gasteiger partial charge in [0.05, 0.1) is 13.2 Å². The van der Waals surface area contributed by atoms with E-state index in [1.807, 2.05) is 23.1 Å². The van der Waals surface area contributed by atoms with Crippen LogP contribution in [0.25, 0.3) is 0 Å². The number of nitrogens with zero attached hydrogens (tertiary/aromatic N) is 1. The number of carbonyl (C=O) groups is 1. The SMILES string of the molecule is O=C1CCCc2ccccc2N1CCOCCCl. The summed E-state index contributed by atoms with van der Waals surface area (Å²) < 4.78 is 5.36. The quantitative estimate of drug-likeness (QED) is 0.606. The minimum atomic E-state index is 0.189. The molecule has 0 fully saturated rings. The highest BCUT2D eigenvalue weighted by Crippen LogP contribution is 2.26. The Hall–Kier alpha value is -1.06. The second-order valence-electron chi connectivity index (χ2n) is 4.33. The Morgan fingerprint density at radius 3 is 2.89 bits per heavy atom. The first kappa shape index (κ1) is 13.4. The molecule has 0 unspecified atom stereocenters. The number of halogens is 1. The molecule has 0 atom stereocenters. The van der Waals surface area contributed by atoms with E-state index in [2.05, 4.69) is 6.07 Å². The number of ether oxygens (including phenoxy) is 1. The molecule has 18 heavy (non-hydrogen) atoms. The zero-order chi connectivity index (χ0) is 12.8. The number of hydrogen-bond donors (Lipinski definition) is 0. The molecule has 1 aliphatic heterocycles. The molecule has 0 spiro atoms. The van der Waals surface area contributed by atoms with Crippen LogP contribution in [0.3, 0.4) is 0 Å². The molecule has 0 radical (unpaired) electrons. The predicted octanol–water partition coefficient (Wildman–Crippen LogP) is 2.61. The van der Waals surface area contributed by atoms with E-state index >= 15 is 0 Å². The molecule has 1 aromatic rings. The molecule has 0 saturated heterocycles. The van der Waals surface area contributed by atoms with Gasteiger partial charge in [-0.05, 0) is 24.5 Å². The van der Waals surface area contributed by atoms with Crippen molar-refractivity contribution < 1.29 is 9.53 Å². The van der Waals surface area contributed by atoms with Crippen molar-refractivity contribution in [1.29, 1.82) is 0 Å². The van der Waals surface area contributed by atoms with Gasteiger partial charge in [0, 0.05) is 24.5 Å². The summed E-state index contributed by atoms with van der Waals surface area (Å²) in [4.78, 5) is 13.9. The van der Waals surface area contributed by atoms with Crippen molar-refractivity contribution >= 4 is 23.2 Å². The maximum Gasteiger partial charge on any atom is 0.227 e. The Balaban J connectivity index is 2.08. The van der Waals surface area contributed by atoms with Crippen molar-refractivity contribution in [3.63, 3.8) is 0 Å². The molecule has 1 amide bonds. The largest absolute Gasteiger partial charge is 0.378 e. The van der Waals surface area contributed by atoms with Crippen molar-refractivity contribution in [3.8, 4) is 0 Å². The van der Waals surface area contributed by atoms with E-state index in [0.29, 0.717) is 32.1 Å². The molecule has 0 aromatic heterocycles. The molecule has 98 valence electrons. The molecule has 1 aromatic carbocycles. The Morgan fingerprint density at radius 1 is 1.22 bits per heavy atom. The highest BCUT2D eigenvalue weighted by molar-refractivity contribution is 6.17. The summed E-state index contributed by atoms with van der Waals surface area (Å²) >= 11 is 5.55. The van der Waals surface area contributed by atoms with Crippen LogP contribution in [-0.4, -0.2) is 31.5 Å². The van der Waals surface area contributed by atoms with Gasteiger partial charge in [0.15, 0.2) is 0 Å². The van der Waals surface area contributed by atoms with Gasteiger partial charge < -0.3 is 9.64 Å². The number of anilines is 1. The average Bonchev–Trinajstić information content (AvgIpc) is 2.54. The number of para-hydroxylation sites is 1. The first-order chi connectivity index (χ1) is 8.83. The van der Waals surface area contributed by atoms with Gasteiger partial charge in [0.1, 0.15) is 0 Å². The van der Waals surface area contributed by atoms with Gasteiger partial charge >= 0.3 is 0 Å². The summed E-state index contributed by atoms with van der Waals surface area (Å²) in [6, 6.07) is 8.11. The monoisotopic (exact) mass is 267 g/mol. The smallest absolute Gasteiger partial charge is 0.227 e.